The lowest BCUT2D eigenvalue weighted by molar-refractivity contribution is -0.148. The Hall–Kier alpha value is -1.39. The average molecular weight is 274 g/mol. The van der Waals surface area contributed by atoms with Gasteiger partial charge in [0.05, 0.1) is 5.41 Å². The van der Waals surface area contributed by atoms with Gasteiger partial charge in [0.2, 0.25) is 5.91 Å². The quantitative estimate of drug-likeness (QED) is 0.885. The molecule has 0 aromatic heterocycles. The first kappa shape index (κ1) is 13.6. The number of carbonyl (C=O) groups excluding carboxylic acids is 1. The summed E-state index contributed by atoms with van der Waals surface area (Å²) in [5.74, 6) is 0.220. The van der Waals surface area contributed by atoms with Gasteiger partial charge in [0, 0.05) is 32.8 Å². The third-order valence-electron chi connectivity index (χ3n) is 4.71. The van der Waals surface area contributed by atoms with Crippen LogP contribution < -0.4 is 5.73 Å². The highest BCUT2D eigenvalue weighted by atomic mass is 16.5. The molecule has 0 bridgehead atoms. The molecular formula is C16H22N2O2. The summed E-state index contributed by atoms with van der Waals surface area (Å²) in [5, 5.41) is 0. The molecule has 0 radical (unpaired) electrons. The minimum atomic E-state index is -0.398. The Kier molecular flexibility index (Phi) is 3.76. The van der Waals surface area contributed by atoms with Crippen molar-refractivity contribution in [3.05, 3.63) is 35.4 Å². The Morgan fingerprint density at radius 1 is 1.25 bits per heavy atom. The van der Waals surface area contributed by atoms with E-state index in [1.807, 2.05) is 11.0 Å². The second-order valence-corrected chi connectivity index (χ2v) is 5.84. The van der Waals surface area contributed by atoms with Gasteiger partial charge in [-0.15, -0.1) is 0 Å². The minimum Gasteiger partial charge on any atom is -0.381 e. The van der Waals surface area contributed by atoms with Crippen LogP contribution in [0.3, 0.4) is 0 Å². The summed E-state index contributed by atoms with van der Waals surface area (Å²) in [5.41, 5.74) is 8.17. The molecule has 1 saturated heterocycles. The number of rotatable bonds is 2. The van der Waals surface area contributed by atoms with Crippen molar-refractivity contribution < 1.29 is 9.53 Å². The highest BCUT2D eigenvalue weighted by molar-refractivity contribution is 5.83. The standard InChI is InChI=1S/C16H22N2O2/c17-12-16(6-9-20-10-7-16)15(19)18-8-5-13-3-1-2-4-14(13)11-18/h1-4H,5-12,17H2. The lowest BCUT2D eigenvalue weighted by Gasteiger charge is -2.40. The maximum Gasteiger partial charge on any atom is 0.230 e. The Balaban J connectivity index is 1.78. The van der Waals surface area contributed by atoms with E-state index < -0.39 is 5.41 Å². The zero-order valence-corrected chi connectivity index (χ0v) is 11.8. The smallest absolute Gasteiger partial charge is 0.230 e. The lowest BCUT2D eigenvalue weighted by atomic mass is 9.78. The van der Waals surface area contributed by atoms with E-state index >= 15 is 0 Å². The SMILES string of the molecule is NCC1(C(=O)N2CCc3ccccc3C2)CCOCC1. The largest absolute Gasteiger partial charge is 0.381 e. The first-order chi connectivity index (χ1) is 9.75. The fourth-order valence-electron chi connectivity index (χ4n) is 3.27. The van der Waals surface area contributed by atoms with Crippen LogP contribution in [0.1, 0.15) is 24.0 Å². The number of hydrogen-bond acceptors (Lipinski definition) is 3. The molecule has 4 nitrogen and oxygen atoms in total. The summed E-state index contributed by atoms with van der Waals surface area (Å²) in [4.78, 5) is 14.9. The monoisotopic (exact) mass is 274 g/mol. The van der Waals surface area contributed by atoms with E-state index in [-0.39, 0.29) is 5.91 Å². The molecule has 1 amide bonds. The number of nitrogens with zero attached hydrogens (tertiary/aromatic N) is 1. The molecular weight excluding hydrogens is 252 g/mol. The lowest BCUT2D eigenvalue weighted by Crippen LogP contribution is -2.51. The summed E-state index contributed by atoms with van der Waals surface area (Å²) in [7, 11) is 0. The van der Waals surface area contributed by atoms with Crippen molar-refractivity contribution >= 4 is 5.91 Å². The summed E-state index contributed by atoms with van der Waals surface area (Å²) in [6.07, 6.45) is 2.44. The van der Waals surface area contributed by atoms with Crippen molar-refractivity contribution in [1.29, 1.82) is 0 Å². The van der Waals surface area contributed by atoms with Crippen LogP contribution in [0.2, 0.25) is 0 Å². The Bertz CT molecular complexity index is 495. The number of benzene rings is 1. The normalized spacial score (nSPS) is 21.4. The van der Waals surface area contributed by atoms with Crippen LogP contribution in [-0.2, 0) is 22.5 Å². The Morgan fingerprint density at radius 2 is 1.95 bits per heavy atom. The van der Waals surface area contributed by atoms with E-state index in [0.717, 1.165) is 32.4 Å². The molecule has 0 spiro atoms. The van der Waals surface area contributed by atoms with Crippen molar-refractivity contribution in [1.82, 2.24) is 4.90 Å². The molecule has 4 heteroatoms. The van der Waals surface area contributed by atoms with E-state index in [0.29, 0.717) is 19.8 Å². The average Bonchev–Trinajstić information content (AvgIpc) is 2.54. The fraction of sp³-hybridized carbons (Fsp3) is 0.562. The van der Waals surface area contributed by atoms with Crippen molar-refractivity contribution in [2.75, 3.05) is 26.3 Å². The van der Waals surface area contributed by atoms with Crippen molar-refractivity contribution in [2.45, 2.75) is 25.8 Å². The van der Waals surface area contributed by atoms with Gasteiger partial charge >= 0.3 is 0 Å². The van der Waals surface area contributed by atoms with Gasteiger partial charge in [0.15, 0.2) is 0 Å². The Morgan fingerprint density at radius 3 is 2.65 bits per heavy atom. The fourth-order valence-corrected chi connectivity index (χ4v) is 3.27. The zero-order chi connectivity index (χ0) is 14.0. The maximum atomic E-state index is 12.9. The van der Waals surface area contributed by atoms with E-state index in [9.17, 15) is 4.79 Å². The van der Waals surface area contributed by atoms with E-state index in [2.05, 4.69) is 18.2 Å². The number of ether oxygens (including phenoxy) is 1. The highest BCUT2D eigenvalue weighted by Gasteiger charge is 2.41. The molecule has 20 heavy (non-hydrogen) atoms. The van der Waals surface area contributed by atoms with Gasteiger partial charge < -0.3 is 15.4 Å². The molecule has 1 aromatic rings. The van der Waals surface area contributed by atoms with Crippen molar-refractivity contribution in [3.63, 3.8) is 0 Å². The van der Waals surface area contributed by atoms with Crippen LogP contribution >= 0.6 is 0 Å². The molecule has 2 N–H and O–H groups in total. The van der Waals surface area contributed by atoms with Crippen LogP contribution in [0.5, 0.6) is 0 Å². The molecule has 0 saturated carbocycles. The third kappa shape index (κ3) is 2.34. The van der Waals surface area contributed by atoms with Crippen molar-refractivity contribution in [2.24, 2.45) is 11.1 Å². The number of carbonyl (C=O) groups is 1. The number of fused-ring (bicyclic) bond motifs is 1. The van der Waals surface area contributed by atoms with Gasteiger partial charge in [-0.1, -0.05) is 24.3 Å². The van der Waals surface area contributed by atoms with Crippen LogP contribution in [0.25, 0.3) is 0 Å². The van der Waals surface area contributed by atoms with Crippen molar-refractivity contribution in [3.8, 4) is 0 Å². The minimum absolute atomic E-state index is 0.220. The number of hydrogen-bond donors (Lipinski definition) is 1. The number of nitrogens with two attached hydrogens (primary N) is 1. The molecule has 108 valence electrons. The second-order valence-electron chi connectivity index (χ2n) is 5.84. The van der Waals surface area contributed by atoms with E-state index in [4.69, 9.17) is 10.5 Å². The molecule has 0 atom stereocenters. The van der Waals surface area contributed by atoms with Gasteiger partial charge in [-0.25, -0.2) is 0 Å². The molecule has 0 unspecified atom stereocenters. The third-order valence-corrected chi connectivity index (χ3v) is 4.71. The van der Waals surface area contributed by atoms with Crippen LogP contribution in [0.15, 0.2) is 24.3 Å². The summed E-state index contributed by atoms with van der Waals surface area (Å²) >= 11 is 0. The topological polar surface area (TPSA) is 55.6 Å². The summed E-state index contributed by atoms with van der Waals surface area (Å²) < 4.78 is 5.39. The molecule has 0 aliphatic carbocycles. The first-order valence-electron chi connectivity index (χ1n) is 7.39. The molecule has 3 rings (SSSR count). The molecule has 2 aliphatic heterocycles. The number of amides is 1. The van der Waals surface area contributed by atoms with Crippen LogP contribution in [0, 0.1) is 5.41 Å². The molecule has 1 aromatic carbocycles. The molecule has 1 fully saturated rings. The predicted octanol–water partition coefficient (Wildman–Crippen LogP) is 1.33. The van der Waals surface area contributed by atoms with Crippen LogP contribution in [-0.4, -0.2) is 37.1 Å². The van der Waals surface area contributed by atoms with Gasteiger partial charge in [0.1, 0.15) is 0 Å². The van der Waals surface area contributed by atoms with E-state index in [1.54, 1.807) is 0 Å². The highest BCUT2D eigenvalue weighted by Crippen LogP contribution is 2.33. The predicted molar refractivity (Wildman–Crippen MR) is 77.1 cm³/mol. The van der Waals surface area contributed by atoms with Gasteiger partial charge in [-0.3, -0.25) is 4.79 Å². The Labute approximate surface area is 119 Å². The summed E-state index contributed by atoms with van der Waals surface area (Å²) in [6, 6.07) is 8.38. The van der Waals surface area contributed by atoms with Gasteiger partial charge in [-0.2, -0.15) is 0 Å². The molecule has 2 aliphatic rings. The maximum absolute atomic E-state index is 12.9. The van der Waals surface area contributed by atoms with Gasteiger partial charge in [-0.05, 0) is 30.4 Å². The second kappa shape index (κ2) is 5.54. The first-order valence-corrected chi connectivity index (χ1v) is 7.39. The summed E-state index contributed by atoms with van der Waals surface area (Å²) in [6.45, 7) is 3.24. The van der Waals surface area contributed by atoms with Crippen LogP contribution in [0.4, 0.5) is 0 Å². The van der Waals surface area contributed by atoms with E-state index in [1.165, 1.54) is 11.1 Å². The zero-order valence-electron chi connectivity index (χ0n) is 11.8. The molecule has 2 heterocycles. The van der Waals surface area contributed by atoms with Gasteiger partial charge in [0.25, 0.3) is 0 Å².